The average Bonchev–Trinajstić information content (AvgIpc) is 2.66. The number of nitrogens with one attached hydrogen (secondary N) is 2. The number of hydrogen-bond donors (Lipinski definition) is 2. The van der Waals surface area contributed by atoms with Crippen molar-refractivity contribution < 1.29 is 19.1 Å². The molecular weight excluding hydrogens is 420 g/mol. The summed E-state index contributed by atoms with van der Waals surface area (Å²) in [5.41, 5.74) is 0.664. The summed E-state index contributed by atoms with van der Waals surface area (Å²) in [7, 11) is 0. The number of ether oxygens (including phenoxy) is 2. The molecular formula is C18H17BrN2O4S. The van der Waals surface area contributed by atoms with Crippen molar-refractivity contribution in [3.8, 4) is 11.5 Å². The van der Waals surface area contributed by atoms with Crippen LogP contribution < -0.4 is 20.1 Å². The average molecular weight is 437 g/mol. The number of fused-ring (bicyclic) bond motifs is 1. The van der Waals surface area contributed by atoms with Gasteiger partial charge in [0, 0.05) is 9.37 Å². The lowest BCUT2D eigenvalue weighted by atomic mass is 10.3. The van der Waals surface area contributed by atoms with Gasteiger partial charge in [-0.15, -0.1) is 11.8 Å². The van der Waals surface area contributed by atoms with Gasteiger partial charge in [-0.3, -0.25) is 9.59 Å². The maximum Gasteiger partial charge on any atom is 0.243 e. The van der Waals surface area contributed by atoms with Gasteiger partial charge in [-0.25, -0.2) is 0 Å². The van der Waals surface area contributed by atoms with E-state index in [9.17, 15) is 9.59 Å². The van der Waals surface area contributed by atoms with E-state index in [2.05, 4.69) is 26.6 Å². The van der Waals surface area contributed by atoms with E-state index in [4.69, 9.17) is 9.47 Å². The van der Waals surface area contributed by atoms with Gasteiger partial charge < -0.3 is 20.1 Å². The number of benzene rings is 2. The molecule has 8 heteroatoms. The minimum atomic E-state index is -0.283. The topological polar surface area (TPSA) is 76.7 Å². The predicted octanol–water partition coefficient (Wildman–Crippen LogP) is 3.07. The largest absolute Gasteiger partial charge is 0.486 e. The van der Waals surface area contributed by atoms with Gasteiger partial charge in [0.05, 0.1) is 18.0 Å². The summed E-state index contributed by atoms with van der Waals surface area (Å²) in [5.74, 6) is 1.12. The van der Waals surface area contributed by atoms with Crippen LogP contribution in [0, 0.1) is 0 Å². The molecule has 0 radical (unpaired) electrons. The van der Waals surface area contributed by atoms with Crippen LogP contribution in [0.3, 0.4) is 0 Å². The molecule has 0 aliphatic carbocycles. The van der Waals surface area contributed by atoms with Gasteiger partial charge in [-0.2, -0.15) is 0 Å². The number of rotatable bonds is 6. The number of halogens is 1. The lowest BCUT2D eigenvalue weighted by Gasteiger charge is -2.18. The Morgan fingerprint density at radius 1 is 1.04 bits per heavy atom. The molecule has 3 rings (SSSR count). The van der Waals surface area contributed by atoms with Crippen molar-refractivity contribution in [2.45, 2.75) is 4.90 Å². The molecule has 26 heavy (non-hydrogen) atoms. The predicted molar refractivity (Wildman–Crippen MR) is 104 cm³/mol. The molecule has 0 bridgehead atoms. The molecule has 136 valence electrons. The third-order valence-electron chi connectivity index (χ3n) is 3.48. The highest BCUT2D eigenvalue weighted by Crippen LogP contribution is 2.34. The van der Waals surface area contributed by atoms with Crippen molar-refractivity contribution in [1.29, 1.82) is 0 Å². The molecule has 2 N–H and O–H groups in total. The molecule has 0 spiro atoms. The highest BCUT2D eigenvalue weighted by atomic mass is 79.9. The van der Waals surface area contributed by atoms with Gasteiger partial charge in [0.2, 0.25) is 11.8 Å². The Balaban J connectivity index is 1.43. The van der Waals surface area contributed by atoms with E-state index >= 15 is 0 Å². The third-order valence-corrected chi connectivity index (χ3v) is 5.16. The molecule has 2 amide bonds. The molecule has 1 aliphatic heterocycles. The standard InChI is InChI=1S/C18H17BrN2O4S/c19-13-3-1-2-4-14(13)21-17(22)10-20-18(23)11-26-12-5-6-15-16(9-12)25-8-7-24-15/h1-6,9H,7-8,10-11H2,(H,20,23)(H,21,22). The number of carbonyl (C=O) groups excluding carboxylic acids is 2. The van der Waals surface area contributed by atoms with Gasteiger partial charge in [0.25, 0.3) is 0 Å². The molecule has 0 fully saturated rings. The third kappa shape index (κ3) is 5.15. The fraction of sp³-hybridized carbons (Fsp3) is 0.222. The number of hydrogen-bond acceptors (Lipinski definition) is 5. The van der Waals surface area contributed by atoms with Crippen LogP contribution >= 0.6 is 27.7 Å². The first-order chi connectivity index (χ1) is 12.6. The highest BCUT2D eigenvalue weighted by Gasteiger charge is 2.13. The van der Waals surface area contributed by atoms with Crippen LogP contribution in [-0.2, 0) is 9.59 Å². The summed E-state index contributed by atoms with van der Waals surface area (Å²) in [6, 6.07) is 12.9. The SMILES string of the molecule is O=C(CSc1ccc2c(c1)OCCO2)NCC(=O)Nc1ccccc1Br. The number of carbonyl (C=O) groups is 2. The molecule has 2 aromatic carbocycles. The fourth-order valence-electron chi connectivity index (χ4n) is 2.25. The van der Waals surface area contributed by atoms with Crippen molar-refractivity contribution in [1.82, 2.24) is 5.32 Å². The molecule has 0 aromatic heterocycles. The number of amides is 2. The Bertz CT molecular complexity index is 816. The zero-order chi connectivity index (χ0) is 18.4. The normalized spacial score (nSPS) is 12.3. The van der Waals surface area contributed by atoms with E-state index in [-0.39, 0.29) is 24.1 Å². The van der Waals surface area contributed by atoms with Crippen molar-refractivity contribution in [3.05, 3.63) is 46.9 Å². The van der Waals surface area contributed by atoms with Crippen LogP contribution in [0.1, 0.15) is 0 Å². The second-order valence-electron chi connectivity index (χ2n) is 5.40. The van der Waals surface area contributed by atoms with Crippen LogP contribution in [0.15, 0.2) is 51.8 Å². The highest BCUT2D eigenvalue weighted by molar-refractivity contribution is 9.10. The molecule has 0 saturated carbocycles. The molecule has 0 unspecified atom stereocenters. The van der Waals surface area contributed by atoms with Gasteiger partial charge in [0.1, 0.15) is 13.2 Å². The molecule has 2 aromatic rings. The van der Waals surface area contributed by atoms with Crippen molar-refractivity contribution >= 4 is 45.2 Å². The zero-order valence-electron chi connectivity index (χ0n) is 13.8. The first-order valence-electron chi connectivity index (χ1n) is 7.95. The Morgan fingerprint density at radius 3 is 2.62 bits per heavy atom. The second kappa shape index (κ2) is 8.95. The minimum absolute atomic E-state index is 0.0815. The zero-order valence-corrected chi connectivity index (χ0v) is 16.2. The first kappa shape index (κ1) is 18.6. The summed E-state index contributed by atoms with van der Waals surface area (Å²) in [6.45, 7) is 0.986. The molecule has 0 atom stereocenters. The molecule has 6 nitrogen and oxygen atoms in total. The van der Waals surface area contributed by atoms with E-state index in [0.29, 0.717) is 30.4 Å². The number of thioether (sulfide) groups is 1. The smallest absolute Gasteiger partial charge is 0.243 e. The summed E-state index contributed by atoms with van der Waals surface area (Å²) >= 11 is 4.73. The Hall–Kier alpha value is -2.19. The van der Waals surface area contributed by atoms with Gasteiger partial charge in [-0.05, 0) is 46.3 Å². The number of anilines is 1. The number of para-hydroxylation sites is 1. The Labute approximate surface area is 163 Å². The van der Waals surface area contributed by atoms with Gasteiger partial charge in [-0.1, -0.05) is 12.1 Å². The van der Waals surface area contributed by atoms with Crippen LogP contribution in [0.4, 0.5) is 5.69 Å². The van der Waals surface area contributed by atoms with Crippen molar-refractivity contribution in [3.63, 3.8) is 0 Å². The maximum atomic E-state index is 12.0. The first-order valence-corrected chi connectivity index (χ1v) is 9.73. The fourth-order valence-corrected chi connectivity index (χ4v) is 3.39. The monoisotopic (exact) mass is 436 g/mol. The van der Waals surface area contributed by atoms with Gasteiger partial charge >= 0.3 is 0 Å². The van der Waals surface area contributed by atoms with Crippen molar-refractivity contribution in [2.75, 3.05) is 30.8 Å². The summed E-state index contributed by atoms with van der Waals surface area (Å²) in [5, 5.41) is 5.35. The van der Waals surface area contributed by atoms with E-state index in [1.165, 1.54) is 11.8 Å². The Morgan fingerprint density at radius 2 is 1.81 bits per heavy atom. The van der Waals surface area contributed by atoms with E-state index in [1.54, 1.807) is 6.07 Å². The minimum Gasteiger partial charge on any atom is -0.486 e. The summed E-state index contributed by atoms with van der Waals surface area (Å²) in [6.07, 6.45) is 0. The lowest BCUT2D eigenvalue weighted by Crippen LogP contribution is -2.33. The molecule has 0 saturated heterocycles. The van der Waals surface area contributed by atoms with Crippen molar-refractivity contribution in [2.24, 2.45) is 0 Å². The van der Waals surface area contributed by atoms with E-state index in [0.717, 1.165) is 9.37 Å². The van der Waals surface area contributed by atoms with Crippen LogP contribution in [0.5, 0.6) is 11.5 Å². The summed E-state index contributed by atoms with van der Waals surface area (Å²) < 4.78 is 11.8. The van der Waals surface area contributed by atoms with Crippen LogP contribution in [0.25, 0.3) is 0 Å². The molecule has 1 aliphatic rings. The second-order valence-corrected chi connectivity index (χ2v) is 7.30. The Kier molecular flexibility index (Phi) is 6.40. The quantitative estimate of drug-likeness (QED) is 0.680. The van der Waals surface area contributed by atoms with Crippen LogP contribution in [0.2, 0.25) is 0 Å². The van der Waals surface area contributed by atoms with Gasteiger partial charge in [0.15, 0.2) is 11.5 Å². The summed E-state index contributed by atoms with van der Waals surface area (Å²) in [4.78, 5) is 24.8. The van der Waals surface area contributed by atoms with E-state index < -0.39 is 0 Å². The lowest BCUT2D eigenvalue weighted by molar-refractivity contribution is -0.122. The molecule has 1 heterocycles. The maximum absolute atomic E-state index is 12.0. The van der Waals surface area contributed by atoms with Crippen LogP contribution in [-0.4, -0.2) is 37.3 Å². The van der Waals surface area contributed by atoms with E-state index in [1.807, 2.05) is 36.4 Å².